The van der Waals surface area contributed by atoms with Gasteiger partial charge in [-0.15, -0.1) is 16.6 Å². The topological polar surface area (TPSA) is 58.2 Å². The number of thioether (sulfide) groups is 1. The third-order valence-electron chi connectivity index (χ3n) is 3.71. The SMILES string of the molecule is Cc1ccc(C)c(S(=O)(=O)NNC2=CCSc3ccc(F)cc32)c1. The molecule has 2 aromatic carbocycles. The second-order valence-corrected chi connectivity index (χ2v) is 8.28. The van der Waals surface area contributed by atoms with E-state index in [0.717, 1.165) is 10.5 Å². The van der Waals surface area contributed by atoms with Crippen LogP contribution in [0.5, 0.6) is 0 Å². The number of hydrogen-bond donors (Lipinski definition) is 2. The number of sulfonamides is 1. The van der Waals surface area contributed by atoms with Gasteiger partial charge >= 0.3 is 0 Å². The minimum absolute atomic E-state index is 0.222. The summed E-state index contributed by atoms with van der Waals surface area (Å²) in [7, 11) is -3.73. The second kappa shape index (κ2) is 6.58. The van der Waals surface area contributed by atoms with Crippen molar-refractivity contribution < 1.29 is 12.8 Å². The molecule has 0 saturated heterocycles. The van der Waals surface area contributed by atoms with Crippen molar-refractivity contribution in [1.29, 1.82) is 0 Å². The number of nitrogens with one attached hydrogen (secondary N) is 2. The highest BCUT2D eigenvalue weighted by molar-refractivity contribution is 7.99. The molecule has 0 fully saturated rings. The standard InChI is InChI=1S/C17H17FN2O2S2/c1-11-3-4-12(2)17(9-11)24(21,22)20-19-15-7-8-23-16-6-5-13(18)10-14(15)16/h3-7,9-10,19-20H,8H2,1-2H3. The molecule has 0 unspecified atom stereocenters. The quantitative estimate of drug-likeness (QED) is 0.817. The van der Waals surface area contributed by atoms with E-state index in [1.54, 1.807) is 36.9 Å². The molecule has 1 aliphatic rings. The van der Waals surface area contributed by atoms with Gasteiger partial charge in [-0.05, 0) is 55.3 Å². The molecule has 1 heterocycles. The van der Waals surface area contributed by atoms with Crippen LogP contribution in [0.4, 0.5) is 4.39 Å². The highest BCUT2D eigenvalue weighted by Gasteiger charge is 2.19. The monoisotopic (exact) mass is 364 g/mol. The van der Waals surface area contributed by atoms with Crippen molar-refractivity contribution in [2.45, 2.75) is 23.6 Å². The first-order chi connectivity index (χ1) is 11.4. The summed E-state index contributed by atoms with van der Waals surface area (Å²) in [5.74, 6) is 0.327. The largest absolute Gasteiger partial charge is 0.308 e. The summed E-state index contributed by atoms with van der Waals surface area (Å²) >= 11 is 1.58. The molecule has 7 heteroatoms. The van der Waals surface area contributed by atoms with Gasteiger partial charge in [0.05, 0.1) is 10.6 Å². The Morgan fingerprint density at radius 3 is 2.71 bits per heavy atom. The van der Waals surface area contributed by atoms with E-state index in [-0.39, 0.29) is 10.7 Å². The molecule has 0 aliphatic carbocycles. The predicted octanol–water partition coefficient (Wildman–Crippen LogP) is 3.37. The Kier molecular flexibility index (Phi) is 4.67. The molecule has 4 nitrogen and oxygen atoms in total. The van der Waals surface area contributed by atoms with Crippen LogP contribution in [0.1, 0.15) is 16.7 Å². The summed E-state index contributed by atoms with van der Waals surface area (Å²) in [6.07, 6.45) is 1.83. The van der Waals surface area contributed by atoms with Crippen molar-refractivity contribution in [3.05, 3.63) is 65.0 Å². The van der Waals surface area contributed by atoms with Crippen molar-refractivity contribution in [2.75, 3.05) is 5.75 Å². The lowest BCUT2D eigenvalue weighted by Gasteiger charge is -2.19. The summed E-state index contributed by atoms with van der Waals surface area (Å²) in [4.78, 5) is 3.53. The Labute approximate surface area is 145 Å². The third kappa shape index (κ3) is 3.48. The Morgan fingerprint density at radius 2 is 1.92 bits per heavy atom. The Balaban J connectivity index is 1.85. The molecule has 0 atom stereocenters. The first kappa shape index (κ1) is 17.0. The minimum Gasteiger partial charge on any atom is -0.308 e. The fourth-order valence-electron chi connectivity index (χ4n) is 2.46. The van der Waals surface area contributed by atoms with Crippen LogP contribution in [-0.4, -0.2) is 14.2 Å². The van der Waals surface area contributed by atoms with Crippen LogP contribution in [0, 0.1) is 19.7 Å². The molecule has 0 saturated carbocycles. The van der Waals surface area contributed by atoms with Gasteiger partial charge in [-0.3, -0.25) is 0 Å². The fourth-order valence-corrected chi connectivity index (χ4v) is 4.56. The van der Waals surface area contributed by atoms with E-state index in [1.165, 1.54) is 12.1 Å². The summed E-state index contributed by atoms with van der Waals surface area (Å²) < 4.78 is 38.6. The Bertz CT molecular complexity index is 924. The average molecular weight is 364 g/mol. The molecule has 0 radical (unpaired) electrons. The normalized spacial score (nSPS) is 14.0. The summed E-state index contributed by atoms with van der Waals surface area (Å²) in [6, 6.07) is 9.75. The van der Waals surface area contributed by atoms with E-state index in [2.05, 4.69) is 10.3 Å². The molecule has 2 aromatic rings. The lowest BCUT2D eigenvalue weighted by atomic mass is 10.1. The maximum atomic E-state index is 13.5. The van der Waals surface area contributed by atoms with Crippen molar-refractivity contribution in [3.8, 4) is 0 Å². The zero-order valence-corrected chi connectivity index (χ0v) is 14.9. The number of hydrazine groups is 1. The fraction of sp³-hybridized carbons (Fsp3) is 0.176. The average Bonchev–Trinajstić information content (AvgIpc) is 2.55. The van der Waals surface area contributed by atoms with E-state index in [9.17, 15) is 12.8 Å². The molecule has 3 rings (SSSR count). The number of halogens is 1. The van der Waals surface area contributed by atoms with Crippen molar-refractivity contribution in [3.63, 3.8) is 0 Å². The van der Waals surface area contributed by atoms with Gasteiger partial charge in [0.1, 0.15) is 5.82 Å². The Hall–Kier alpha value is -1.83. The molecule has 126 valence electrons. The van der Waals surface area contributed by atoms with Crippen molar-refractivity contribution in [1.82, 2.24) is 10.3 Å². The molecule has 0 aromatic heterocycles. The lowest BCUT2D eigenvalue weighted by Crippen LogP contribution is -2.37. The van der Waals surface area contributed by atoms with Gasteiger partial charge in [0, 0.05) is 16.2 Å². The number of hydrogen-bond acceptors (Lipinski definition) is 4. The number of rotatable bonds is 4. The molecule has 24 heavy (non-hydrogen) atoms. The van der Waals surface area contributed by atoms with Crippen LogP contribution in [-0.2, 0) is 10.0 Å². The maximum Gasteiger partial charge on any atom is 0.257 e. The Morgan fingerprint density at radius 1 is 1.12 bits per heavy atom. The summed E-state index contributed by atoms with van der Waals surface area (Å²) in [6.45, 7) is 3.58. The van der Waals surface area contributed by atoms with Crippen LogP contribution < -0.4 is 10.3 Å². The van der Waals surface area contributed by atoms with Gasteiger partial charge < -0.3 is 5.43 Å². The van der Waals surface area contributed by atoms with Crippen LogP contribution in [0.15, 0.2) is 52.3 Å². The van der Waals surface area contributed by atoms with E-state index >= 15 is 0 Å². The first-order valence-electron chi connectivity index (χ1n) is 7.35. The zero-order chi connectivity index (χ0) is 17.3. The second-order valence-electron chi connectivity index (χ2n) is 5.57. The van der Waals surface area contributed by atoms with E-state index < -0.39 is 10.0 Å². The van der Waals surface area contributed by atoms with Crippen LogP contribution >= 0.6 is 11.8 Å². The van der Waals surface area contributed by atoms with Crippen LogP contribution in [0.3, 0.4) is 0 Å². The van der Waals surface area contributed by atoms with Gasteiger partial charge in [-0.2, -0.15) is 0 Å². The smallest absolute Gasteiger partial charge is 0.257 e. The zero-order valence-electron chi connectivity index (χ0n) is 13.3. The van der Waals surface area contributed by atoms with E-state index in [0.29, 0.717) is 22.6 Å². The van der Waals surface area contributed by atoms with Crippen LogP contribution in [0.25, 0.3) is 5.70 Å². The van der Waals surface area contributed by atoms with E-state index in [4.69, 9.17) is 0 Å². The predicted molar refractivity (Wildman–Crippen MR) is 94.5 cm³/mol. The van der Waals surface area contributed by atoms with Gasteiger partial charge in [-0.1, -0.05) is 12.1 Å². The molecular formula is C17H17FN2O2S2. The number of fused-ring (bicyclic) bond motifs is 1. The van der Waals surface area contributed by atoms with Crippen molar-refractivity contribution in [2.24, 2.45) is 0 Å². The first-order valence-corrected chi connectivity index (χ1v) is 9.82. The van der Waals surface area contributed by atoms with Gasteiger partial charge in [0.25, 0.3) is 10.0 Å². The molecule has 0 spiro atoms. The third-order valence-corrected chi connectivity index (χ3v) is 6.10. The van der Waals surface area contributed by atoms with Crippen LogP contribution in [0.2, 0.25) is 0 Å². The van der Waals surface area contributed by atoms with Crippen molar-refractivity contribution >= 4 is 27.5 Å². The minimum atomic E-state index is -3.73. The molecule has 1 aliphatic heterocycles. The molecule has 2 N–H and O–H groups in total. The van der Waals surface area contributed by atoms with Gasteiger partial charge in [0.15, 0.2) is 0 Å². The molecule has 0 amide bonds. The van der Waals surface area contributed by atoms with Gasteiger partial charge in [0.2, 0.25) is 0 Å². The summed E-state index contributed by atoms with van der Waals surface area (Å²) in [5.41, 5.74) is 5.46. The maximum absolute atomic E-state index is 13.5. The highest BCUT2D eigenvalue weighted by Crippen LogP contribution is 2.32. The van der Waals surface area contributed by atoms with Gasteiger partial charge in [-0.25, -0.2) is 12.8 Å². The summed E-state index contributed by atoms with van der Waals surface area (Å²) in [5, 5.41) is 0. The molecule has 0 bridgehead atoms. The molecular weight excluding hydrogens is 347 g/mol. The number of benzene rings is 2. The number of aryl methyl sites for hydroxylation is 2. The lowest BCUT2D eigenvalue weighted by molar-refractivity contribution is 0.575. The highest BCUT2D eigenvalue weighted by atomic mass is 32.2. The van der Waals surface area contributed by atoms with E-state index in [1.807, 2.05) is 19.1 Å².